The van der Waals surface area contributed by atoms with Gasteiger partial charge in [-0.15, -0.1) is 0 Å². The zero-order chi connectivity index (χ0) is 25.8. The number of hydrogen-bond acceptors (Lipinski definition) is 5. The number of ether oxygens (including phenoxy) is 2. The number of methoxy groups -OCH3 is 2. The second-order valence-corrected chi connectivity index (χ2v) is 10.2. The second kappa shape index (κ2) is 10.8. The predicted molar refractivity (Wildman–Crippen MR) is 125 cm³/mol. The van der Waals surface area contributed by atoms with E-state index >= 15 is 0 Å². The lowest BCUT2D eigenvalue weighted by Crippen LogP contribution is -2.46. The average molecular weight is 515 g/mol. The van der Waals surface area contributed by atoms with Crippen LogP contribution in [0.25, 0.3) is 0 Å². The maximum absolute atomic E-state index is 13.7. The largest absolute Gasteiger partial charge is 0.493 e. The van der Waals surface area contributed by atoms with Crippen molar-refractivity contribution in [3.63, 3.8) is 0 Å². The van der Waals surface area contributed by atoms with Crippen molar-refractivity contribution in [2.75, 3.05) is 32.1 Å². The molecule has 0 aliphatic heterocycles. The van der Waals surface area contributed by atoms with Crippen molar-refractivity contribution >= 4 is 21.6 Å². The molecule has 2 aromatic carbocycles. The molecule has 35 heavy (non-hydrogen) atoms. The van der Waals surface area contributed by atoms with E-state index < -0.39 is 34.2 Å². The lowest BCUT2D eigenvalue weighted by atomic mass is 9.94. The number of carbonyl (C=O) groups is 1. The Labute approximate surface area is 203 Å². The maximum Gasteiger partial charge on any atom is 0.416 e. The number of hydrogen-bond donors (Lipinski definition) is 0. The zero-order valence-electron chi connectivity index (χ0n) is 19.8. The minimum absolute atomic E-state index is 0.0385. The molecule has 2 aromatic rings. The molecule has 0 saturated heterocycles. The van der Waals surface area contributed by atoms with Crippen molar-refractivity contribution < 1.29 is 35.9 Å². The van der Waals surface area contributed by atoms with Crippen molar-refractivity contribution in [2.24, 2.45) is 0 Å². The third kappa shape index (κ3) is 6.01. The van der Waals surface area contributed by atoms with Gasteiger partial charge >= 0.3 is 6.18 Å². The van der Waals surface area contributed by atoms with Gasteiger partial charge in [0.1, 0.15) is 6.54 Å². The highest BCUT2D eigenvalue weighted by molar-refractivity contribution is 7.92. The first-order valence-electron chi connectivity index (χ1n) is 11.2. The summed E-state index contributed by atoms with van der Waals surface area (Å²) in [6, 6.07) is 7.74. The van der Waals surface area contributed by atoms with Gasteiger partial charge in [-0.25, -0.2) is 8.42 Å². The number of nitrogens with zero attached hydrogens (tertiary/aromatic N) is 2. The van der Waals surface area contributed by atoms with Crippen molar-refractivity contribution in [2.45, 2.75) is 49.2 Å². The van der Waals surface area contributed by atoms with Gasteiger partial charge in [-0.3, -0.25) is 9.10 Å². The Hall–Kier alpha value is -2.95. The Morgan fingerprint density at radius 1 is 1.00 bits per heavy atom. The monoisotopic (exact) mass is 514 g/mol. The van der Waals surface area contributed by atoms with Crippen LogP contribution in [-0.2, 0) is 21.0 Å². The van der Waals surface area contributed by atoms with Crippen LogP contribution in [0.1, 0.15) is 37.7 Å². The SMILES string of the molecule is COc1ccc(S(=O)(=O)N(CC(=O)N(C)C2CCCCC2)c2cccc(C(F)(F)F)c2)cc1OC. The predicted octanol–water partition coefficient (Wildman–Crippen LogP) is 4.71. The molecular formula is C24H29F3N2O5S. The molecule has 0 bridgehead atoms. The smallest absolute Gasteiger partial charge is 0.416 e. The van der Waals surface area contributed by atoms with E-state index in [2.05, 4.69) is 0 Å². The fourth-order valence-electron chi connectivity index (χ4n) is 4.16. The summed E-state index contributed by atoms with van der Waals surface area (Å²) in [5, 5.41) is 0. The van der Waals surface area contributed by atoms with Crippen LogP contribution in [0.4, 0.5) is 18.9 Å². The van der Waals surface area contributed by atoms with Crippen molar-refractivity contribution in [3.05, 3.63) is 48.0 Å². The molecule has 0 N–H and O–H groups in total. The first kappa shape index (κ1) is 26.7. The lowest BCUT2D eigenvalue weighted by Gasteiger charge is -2.33. The average Bonchev–Trinajstić information content (AvgIpc) is 2.86. The number of likely N-dealkylation sites (N-methyl/N-ethyl adjacent to an activating group) is 1. The standard InChI is InChI=1S/C24H29F3N2O5S/c1-28(18-9-5-4-6-10-18)23(30)16-29(19-11-7-8-17(14-19)24(25,26)27)35(31,32)20-12-13-21(33-2)22(15-20)34-3/h7-8,11-15,18H,4-6,9-10,16H2,1-3H3. The van der Waals surface area contributed by atoms with Gasteiger partial charge in [0, 0.05) is 19.2 Å². The fourth-order valence-corrected chi connectivity index (χ4v) is 5.58. The van der Waals surface area contributed by atoms with Gasteiger partial charge in [-0.2, -0.15) is 13.2 Å². The second-order valence-electron chi connectivity index (χ2n) is 8.37. The number of halogens is 3. The molecule has 3 rings (SSSR count). The Kier molecular flexibility index (Phi) is 8.19. The van der Waals surface area contributed by atoms with Crippen LogP contribution in [-0.4, -0.2) is 53.1 Å². The van der Waals surface area contributed by atoms with Gasteiger partial charge < -0.3 is 14.4 Å². The molecule has 1 fully saturated rings. The highest BCUT2D eigenvalue weighted by Crippen LogP contribution is 2.35. The number of alkyl halides is 3. The molecule has 1 aliphatic carbocycles. The third-order valence-corrected chi connectivity index (χ3v) is 7.97. The van der Waals surface area contributed by atoms with E-state index in [1.165, 1.54) is 43.4 Å². The van der Waals surface area contributed by atoms with Crippen LogP contribution in [0.5, 0.6) is 11.5 Å². The molecule has 11 heteroatoms. The van der Waals surface area contributed by atoms with Crippen LogP contribution in [0, 0.1) is 0 Å². The van der Waals surface area contributed by atoms with E-state index in [-0.39, 0.29) is 28.1 Å². The molecule has 1 saturated carbocycles. The first-order chi connectivity index (χ1) is 16.5. The van der Waals surface area contributed by atoms with Crippen molar-refractivity contribution in [3.8, 4) is 11.5 Å². The molecule has 0 radical (unpaired) electrons. The van der Waals surface area contributed by atoms with E-state index in [0.717, 1.165) is 50.3 Å². The number of amides is 1. The zero-order valence-corrected chi connectivity index (χ0v) is 20.7. The molecular weight excluding hydrogens is 485 g/mol. The summed E-state index contributed by atoms with van der Waals surface area (Å²) in [5.74, 6) is -0.0910. The molecule has 0 unspecified atom stereocenters. The summed E-state index contributed by atoms with van der Waals surface area (Å²) in [7, 11) is -0.123. The van der Waals surface area contributed by atoms with E-state index in [0.29, 0.717) is 4.31 Å². The van der Waals surface area contributed by atoms with E-state index in [9.17, 15) is 26.4 Å². The van der Waals surface area contributed by atoms with Gasteiger partial charge in [0.15, 0.2) is 11.5 Å². The van der Waals surface area contributed by atoms with Gasteiger partial charge in [0.05, 0.1) is 30.4 Å². The summed E-state index contributed by atoms with van der Waals surface area (Å²) in [6.07, 6.45) is -0.0875. The Bertz CT molecular complexity index is 1150. The Morgan fingerprint density at radius 2 is 1.66 bits per heavy atom. The van der Waals surface area contributed by atoms with Gasteiger partial charge in [-0.05, 0) is 43.2 Å². The normalized spacial score (nSPS) is 14.9. The quantitative estimate of drug-likeness (QED) is 0.510. The number of sulfonamides is 1. The molecule has 192 valence electrons. The fraction of sp³-hybridized carbons (Fsp3) is 0.458. The molecule has 0 aromatic heterocycles. The van der Waals surface area contributed by atoms with Gasteiger partial charge in [0.2, 0.25) is 5.91 Å². The molecule has 0 atom stereocenters. The molecule has 1 amide bonds. The van der Waals surface area contributed by atoms with Crippen LogP contribution in [0.2, 0.25) is 0 Å². The minimum atomic E-state index is -4.68. The summed E-state index contributed by atoms with van der Waals surface area (Å²) in [4.78, 5) is 14.4. The highest BCUT2D eigenvalue weighted by Gasteiger charge is 2.34. The van der Waals surface area contributed by atoms with Crippen LogP contribution >= 0.6 is 0 Å². The number of anilines is 1. The third-order valence-electron chi connectivity index (χ3n) is 6.20. The topological polar surface area (TPSA) is 76.2 Å². The van der Waals surface area contributed by atoms with Crippen LogP contribution in [0.3, 0.4) is 0 Å². The lowest BCUT2D eigenvalue weighted by molar-refractivity contribution is -0.137. The van der Waals surface area contributed by atoms with Gasteiger partial charge in [-0.1, -0.05) is 25.3 Å². The minimum Gasteiger partial charge on any atom is -0.493 e. The van der Waals surface area contributed by atoms with E-state index in [1.807, 2.05) is 0 Å². The Balaban J connectivity index is 2.05. The van der Waals surface area contributed by atoms with Crippen molar-refractivity contribution in [1.29, 1.82) is 0 Å². The molecule has 0 heterocycles. The first-order valence-corrected chi connectivity index (χ1v) is 12.6. The number of carbonyl (C=O) groups excluding carboxylic acids is 1. The van der Waals surface area contributed by atoms with Crippen LogP contribution in [0.15, 0.2) is 47.4 Å². The van der Waals surface area contributed by atoms with Crippen LogP contribution < -0.4 is 13.8 Å². The summed E-state index contributed by atoms with van der Waals surface area (Å²) in [5.41, 5.74) is -1.28. The van der Waals surface area contributed by atoms with E-state index in [4.69, 9.17) is 9.47 Å². The Morgan fingerprint density at radius 3 is 2.26 bits per heavy atom. The summed E-state index contributed by atoms with van der Waals surface area (Å²) >= 11 is 0. The summed E-state index contributed by atoms with van der Waals surface area (Å²) < 4.78 is 78.6. The number of benzene rings is 2. The summed E-state index contributed by atoms with van der Waals surface area (Å²) in [6.45, 7) is -0.648. The molecule has 7 nitrogen and oxygen atoms in total. The van der Waals surface area contributed by atoms with Gasteiger partial charge in [0.25, 0.3) is 10.0 Å². The number of rotatable bonds is 8. The molecule has 0 spiro atoms. The maximum atomic E-state index is 13.7. The van der Waals surface area contributed by atoms with Crippen molar-refractivity contribution in [1.82, 2.24) is 4.90 Å². The highest BCUT2D eigenvalue weighted by atomic mass is 32.2. The molecule has 1 aliphatic rings. The van der Waals surface area contributed by atoms with E-state index in [1.54, 1.807) is 7.05 Å².